The van der Waals surface area contributed by atoms with Gasteiger partial charge < -0.3 is 0 Å². The second-order valence-electron chi connectivity index (χ2n) is 5.83. The molecule has 0 N–H and O–H groups in total. The fourth-order valence-electron chi connectivity index (χ4n) is 2.74. The van der Waals surface area contributed by atoms with Gasteiger partial charge >= 0.3 is 0 Å². The summed E-state index contributed by atoms with van der Waals surface area (Å²) in [7, 11) is -2.40. The van der Waals surface area contributed by atoms with Crippen molar-refractivity contribution in [3.8, 4) is 0 Å². The highest BCUT2D eigenvalue weighted by atomic mass is 32.2. The third-order valence-electron chi connectivity index (χ3n) is 4.09. The van der Waals surface area contributed by atoms with Crippen molar-refractivity contribution in [3.63, 3.8) is 0 Å². The SMILES string of the molecule is Cc1cccc(S(=O)(=O)N(C)Cc2nc3c(s2)CCCC3)c1F. The van der Waals surface area contributed by atoms with E-state index in [1.165, 1.54) is 22.3 Å². The topological polar surface area (TPSA) is 50.3 Å². The first-order chi connectivity index (χ1) is 10.9. The van der Waals surface area contributed by atoms with Crippen molar-refractivity contribution in [1.82, 2.24) is 9.29 Å². The molecule has 2 aromatic rings. The Morgan fingerprint density at radius 1 is 1.30 bits per heavy atom. The molecule has 1 aliphatic rings. The highest BCUT2D eigenvalue weighted by Crippen LogP contribution is 2.28. The number of fused-ring (bicyclic) bond motifs is 1. The highest BCUT2D eigenvalue weighted by molar-refractivity contribution is 7.89. The third kappa shape index (κ3) is 3.18. The van der Waals surface area contributed by atoms with Gasteiger partial charge in [0, 0.05) is 11.9 Å². The minimum absolute atomic E-state index is 0.174. The molecule has 0 aliphatic heterocycles. The van der Waals surface area contributed by atoms with Crippen LogP contribution in [0.3, 0.4) is 0 Å². The molecule has 3 rings (SSSR count). The van der Waals surface area contributed by atoms with Gasteiger partial charge in [-0.25, -0.2) is 17.8 Å². The molecule has 0 unspecified atom stereocenters. The van der Waals surface area contributed by atoms with Crippen molar-refractivity contribution in [2.45, 2.75) is 44.0 Å². The zero-order valence-electron chi connectivity index (χ0n) is 13.2. The predicted octanol–water partition coefficient (Wildman–Crippen LogP) is 3.29. The van der Waals surface area contributed by atoms with Gasteiger partial charge in [-0.1, -0.05) is 12.1 Å². The van der Waals surface area contributed by atoms with E-state index in [1.807, 2.05) is 0 Å². The summed E-state index contributed by atoms with van der Waals surface area (Å²) in [5, 5.41) is 0.774. The summed E-state index contributed by atoms with van der Waals surface area (Å²) in [6, 6.07) is 4.42. The monoisotopic (exact) mass is 354 g/mol. The molecule has 0 atom stereocenters. The van der Waals surface area contributed by atoms with E-state index in [-0.39, 0.29) is 11.4 Å². The molecule has 1 aromatic heterocycles. The lowest BCUT2D eigenvalue weighted by atomic mass is 10.0. The van der Waals surface area contributed by atoms with Gasteiger partial charge in [-0.05, 0) is 44.2 Å². The molecule has 0 radical (unpaired) electrons. The number of aryl methyl sites for hydroxylation is 3. The number of halogens is 1. The summed E-state index contributed by atoms with van der Waals surface area (Å²) in [6.45, 7) is 1.73. The standard InChI is InChI=1S/C16H19FN2O2S2/c1-11-6-5-9-14(16(11)17)23(20,21)19(2)10-15-18-12-7-3-4-8-13(12)22-15/h5-6,9H,3-4,7-8,10H2,1-2H3. The van der Waals surface area contributed by atoms with Crippen LogP contribution in [0.4, 0.5) is 4.39 Å². The predicted molar refractivity (Wildman–Crippen MR) is 88.5 cm³/mol. The van der Waals surface area contributed by atoms with Gasteiger partial charge in [0.15, 0.2) is 0 Å². The van der Waals surface area contributed by atoms with E-state index in [1.54, 1.807) is 30.4 Å². The first-order valence-electron chi connectivity index (χ1n) is 7.58. The van der Waals surface area contributed by atoms with Crippen LogP contribution >= 0.6 is 11.3 Å². The Kier molecular flexibility index (Phi) is 4.53. The van der Waals surface area contributed by atoms with Crippen molar-refractivity contribution < 1.29 is 12.8 Å². The minimum Gasteiger partial charge on any atom is -0.245 e. The maximum atomic E-state index is 14.2. The lowest BCUT2D eigenvalue weighted by Gasteiger charge is -2.16. The van der Waals surface area contributed by atoms with E-state index in [0.29, 0.717) is 5.56 Å². The van der Waals surface area contributed by atoms with Crippen LogP contribution in [0, 0.1) is 12.7 Å². The fraction of sp³-hybridized carbons (Fsp3) is 0.438. The van der Waals surface area contributed by atoms with Crippen LogP contribution in [0.15, 0.2) is 23.1 Å². The Morgan fingerprint density at radius 3 is 2.78 bits per heavy atom. The number of rotatable bonds is 4. The third-order valence-corrected chi connectivity index (χ3v) is 7.06. The second-order valence-corrected chi connectivity index (χ2v) is 9.01. The van der Waals surface area contributed by atoms with Crippen LogP contribution in [0.5, 0.6) is 0 Å². The lowest BCUT2D eigenvalue weighted by molar-refractivity contribution is 0.458. The molecule has 0 saturated carbocycles. The van der Waals surface area contributed by atoms with Crippen molar-refractivity contribution in [2.24, 2.45) is 0 Å². The molecule has 1 heterocycles. The first kappa shape index (κ1) is 16.5. The molecule has 0 fully saturated rings. The second kappa shape index (κ2) is 6.30. The molecular weight excluding hydrogens is 335 g/mol. The van der Waals surface area contributed by atoms with Gasteiger partial charge in [-0.2, -0.15) is 4.31 Å². The molecule has 7 heteroatoms. The van der Waals surface area contributed by atoms with Gasteiger partial charge in [0.25, 0.3) is 0 Å². The fourth-order valence-corrected chi connectivity index (χ4v) is 5.29. The lowest BCUT2D eigenvalue weighted by Crippen LogP contribution is -2.27. The van der Waals surface area contributed by atoms with Crippen LogP contribution in [-0.2, 0) is 29.4 Å². The van der Waals surface area contributed by atoms with Crippen molar-refractivity contribution in [1.29, 1.82) is 0 Å². The smallest absolute Gasteiger partial charge is 0.245 e. The Bertz CT molecular complexity index is 807. The van der Waals surface area contributed by atoms with Gasteiger partial charge in [-0.3, -0.25) is 0 Å². The Hall–Kier alpha value is -1.31. The maximum Gasteiger partial charge on any atom is 0.246 e. The number of nitrogens with zero attached hydrogens (tertiary/aromatic N) is 2. The van der Waals surface area contributed by atoms with Crippen LogP contribution < -0.4 is 0 Å². The van der Waals surface area contributed by atoms with E-state index in [9.17, 15) is 12.8 Å². The zero-order chi connectivity index (χ0) is 16.6. The molecule has 1 aliphatic carbocycles. The summed E-state index contributed by atoms with van der Waals surface area (Å²) in [4.78, 5) is 5.54. The molecule has 124 valence electrons. The molecular formula is C16H19FN2O2S2. The summed E-state index contributed by atoms with van der Waals surface area (Å²) >= 11 is 1.57. The zero-order valence-corrected chi connectivity index (χ0v) is 14.8. The number of aromatic nitrogens is 1. The summed E-state index contributed by atoms with van der Waals surface area (Å²) in [6.07, 6.45) is 4.29. The summed E-state index contributed by atoms with van der Waals surface area (Å²) < 4.78 is 40.6. The molecule has 0 saturated heterocycles. The Balaban J connectivity index is 1.85. The van der Waals surface area contributed by atoms with E-state index < -0.39 is 15.8 Å². The van der Waals surface area contributed by atoms with Gasteiger partial charge in [-0.15, -0.1) is 11.3 Å². The van der Waals surface area contributed by atoms with Crippen LogP contribution in [0.1, 0.15) is 34.0 Å². The summed E-state index contributed by atoms with van der Waals surface area (Å²) in [5.74, 6) is -0.683. The average Bonchev–Trinajstić information content (AvgIpc) is 2.92. The largest absolute Gasteiger partial charge is 0.246 e. The van der Waals surface area contributed by atoms with Crippen molar-refractivity contribution in [2.75, 3.05) is 7.05 Å². The number of hydrogen-bond acceptors (Lipinski definition) is 4. The quantitative estimate of drug-likeness (QED) is 0.846. The minimum atomic E-state index is -3.87. The van der Waals surface area contributed by atoms with Gasteiger partial charge in [0.05, 0.1) is 12.2 Å². The highest BCUT2D eigenvalue weighted by Gasteiger charge is 2.26. The molecule has 4 nitrogen and oxygen atoms in total. The molecule has 1 aromatic carbocycles. The van der Waals surface area contributed by atoms with E-state index in [2.05, 4.69) is 4.98 Å². The van der Waals surface area contributed by atoms with Crippen LogP contribution in [0.25, 0.3) is 0 Å². The number of benzene rings is 1. The number of thiazole rings is 1. The van der Waals surface area contributed by atoms with Crippen molar-refractivity contribution in [3.05, 3.63) is 45.2 Å². The van der Waals surface area contributed by atoms with Crippen LogP contribution in [0.2, 0.25) is 0 Å². The van der Waals surface area contributed by atoms with E-state index >= 15 is 0 Å². The van der Waals surface area contributed by atoms with E-state index in [0.717, 1.165) is 36.4 Å². The Morgan fingerprint density at radius 2 is 2.04 bits per heavy atom. The number of sulfonamides is 1. The van der Waals surface area contributed by atoms with Gasteiger partial charge in [0.2, 0.25) is 10.0 Å². The summed E-state index contributed by atoms with van der Waals surface area (Å²) in [5.41, 5.74) is 1.42. The van der Waals surface area contributed by atoms with Gasteiger partial charge in [0.1, 0.15) is 15.7 Å². The normalized spacial score (nSPS) is 15.0. The maximum absolute atomic E-state index is 14.2. The first-order valence-corrected chi connectivity index (χ1v) is 9.84. The molecule has 0 spiro atoms. The average molecular weight is 354 g/mol. The van der Waals surface area contributed by atoms with Crippen molar-refractivity contribution >= 4 is 21.4 Å². The van der Waals surface area contributed by atoms with Crippen LogP contribution in [-0.4, -0.2) is 24.8 Å². The Labute approximate surface area is 140 Å². The number of hydrogen-bond donors (Lipinski definition) is 0. The molecule has 23 heavy (non-hydrogen) atoms. The van der Waals surface area contributed by atoms with E-state index in [4.69, 9.17) is 0 Å². The molecule has 0 bridgehead atoms. The molecule has 0 amide bonds.